The zero-order valence-electron chi connectivity index (χ0n) is 60.8. The second-order valence-corrected chi connectivity index (χ2v) is 33.5. The number of fused-ring (bicyclic) bond motifs is 3. The van der Waals surface area contributed by atoms with E-state index in [2.05, 4.69) is 15.0 Å². The Labute approximate surface area is 628 Å². The van der Waals surface area contributed by atoms with Crippen molar-refractivity contribution in [2.45, 2.75) is 76.4 Å². The number of nitrogens with zero attached hydrogens (tertiary/aromatic N) is 8. The third-order valence-electron chi connectivity index (χ3n) is 19.2. The summed E-state index contributed by atoms with van der Waals surface area (Å²) in [7, 11) is -7.35. The SMILES string of the molecule is CCOc1cc(C(CS(C)(=O)=O)n2c(=O)[nH]c3cc(-c4cccc(CCOc5cc(C(CS(C)(=O)=O)n6c(=O)n(C7CC7)c7cc(-c8cccc(CCOc9cc(C(CS(C)(=O)=O)n%10c(=O)n(CC)c%11cc(-c%12ccccc%12F)cnc%11%10)ccc9OC)c8F)cnc76)ccc5OC)c4C(F)(F)F)cnc32)ccc1OC. The molecule has 1 aliphatic carbocycles. The molecule has 1 fully saturated rings. The highest BCUT2D eigenvalue weighted by Crippen LogP contribution is 2.44. The third-order valence-corrected chi connectivity index (χ3v) is 22.0. The second kappa shape index (κ2) is 30.7. The molecule has 13 rings (SSSR count). The Bertz CT molecular complexity index is 6130. The van der Waals surface area contributed by atoms with Gasteiger partial charge in [0.1, 0.15) is 41.1 Å². The molecule has 12 aromatic rings. The Morgan fingerprint density at radius 3 is 1.47 bits per heavy atom. The van der Waals surface area contributed by atoms with Crippen LogP contribution in [0, 0.1) is 11.6 Å². The first kappa shape index (κ1) is 77.1. The number of aromatic nitrogens is 9. The number of ether oxygens (including phenoxy) is 6. The largest absolute Gasteiger partial charge is 0.493 e. The molecule has 1 saturated carbocycles. The van der Waals surface area contributed by atoms with Crippen molar-refractivity contribution in [3.63, 3.8) is 0 Å². The Balaban J connectivity index is 0.763. The Morgan fingerprint density at radius 1 is 0.509 bits per heavy atom. The smallest absolute Gasteiger partial charge is 0.417 e. The van der Waals surface area contributed by atoms with E-state index in [1.54, 1.807) is 98.8 Å². The van der Waals surface area contributed by atoms with Crippen LogP contribution in [0.4, 0.5) is 22.0 Å². The van der Waals surface area contributed by atoms with Gasteiger partial charge >= 0.3 is 23.2 Å². The van der Waals surface area contributed by atoms with E-state index in [1.165, 1.54) is 107 Å². The van der Waals surface area contributed by atoms with Gasteiger partial charge in [0, 0.05) is 90.6 Å². The van der Waals surface area contributed by atoms with E-state index in [1.807, 2.05) is 0 Å². The maximum Gasteiger partial charge on any atom is 0.417 e. The monoisotopic (exact) mass is 1570 g/mol. The highest BCUT2D eigenvalue weighted by Gasteiger charge is 2.38. The summed E-state index contributed by atoms with van der Waals surface area (Å²) in [5.41, 5.74) is -0.436. The molecular formula is C78H76F5N9O15S3. The number of H-pyrrole nitrogens is 1. The molecule has 3 unspecified atom stereocenters. The molecule has 6 aromatic carbocycles. The average Bonchev–Trinajstić information content (AvgIpc) is 1.58. The highest BCUT2D eigenvalue weighted by molar-refractivity contribution is 7.91. The Hall–Kier alpha value is -11.1. The van der Waals surface area contributed by atoms with E-state index in [0.29, 0.717) is 40.8 Å². The molecule has 0 aliphatic heterocycles. The number of hydrogen-bond acceptors (Lipinski definition) is 18. The normalized spacial score (nSPS) is 13.8. The first-order chi connectivity index (χ1) is 52.4. The standard InChI is InChI=1S/C78H76F5N9O15S3/c1-9-88-59-34-51(54-17-11-12-20-57(54)79)40-85-73(59)91(76(88)94)62(43-109(7,98)99)48-22-27-66(104-5)69(37-48)107-32-30-46-16-14-19-56(71(46)80)52-35-60-74(86-41-52)92(77(95)89(60)53-24-25-53)63(44-110(8,100)101)49-23-28-65(103-4)68(38-49)106-31-29-45-15-13-18-55(70(45)78(81,82)83)50-33-58-72(84-39-50)90(75(93)87-58)61(42-108(6,96)97)47-21-26-64(102-3)67(36-47)105-10-2/h11-23,26-28,33-41,53,61-63H,9-10,24-25,29-32,42-44H2,1-8H3,(H,87,93). The van der Waals surface area contributed by atoms with Crippen molar-refractivity contribution < 1.29 is 75.6 Å². The zero-order chi connectivity index (χ0) is 78.5. The zero-order valence-corrected chi connectivity index (χ0v) is 63.3. The van der Waals surface area contributed by atoms with Crippen LogP contribution in [0.2, 0.25) is 0 Å². The van der Waals surface area contributed by atoms with Gasteiger partial charge in [-0.1, -0.05) is 72.8 Å². The molecule has 110 heavy (non-hydrogen) atoms. The van der Waals surface area contributed by atoms with Crippen LogP contribution in [-0.2, 0) is 55.1 Å². The molecule has 1 N–H and O–H groups in total. The minimum absolute atomic E-state index is 0.00234. The predicted octanol–water partition coefficient (Wildman–Crippen LogP) is 12.0. The van der Waals surface area contributed by atoms with Crippen molar-refractivity contribution in [1.29, 1.82) is 0 Å². The van der Waals surface area contributed by atoms with Gasteiger partial charge in [-0.25, -0.2) is 63.4 Å². The van der Waals surface area contributed by atoms with Gasteiger partial charge < -0.3 is 33.4 Å². The number of alkyl halides is 3. The minimum atomic E-state index is -4.96. The van der Waals surface area contributed by atoms with Crippen LogP contribution in [0.5, 0.6) is 34.5 Å². The number of methoxy groups -OCH3 is 3. The van der Waals surface area contributed by atoms with Crippen molar-refractivity contribution in [2.75, 3.05) is 77.2 Å². The lowest BCUT2D eigenvalue weighted by molar-refractivity contribution is -0.137. The Kier molecular flexibility index (Phi) is 21.5. The van der Waals surface area contributed by atoms with Gasteiger partial charge in [0.2, 0.25) is 0 Å². The number of pyridine rings is 3. The van der Waals surface area contributed by atoms with Crippen LogP contribution in [-0.4, -0.2) is 145 Å². The molecule has 3 atom stereocenters. The van der Waals surface area contributed by atoms with E-state index in [0.717, 1.165) is 23.3 Å². The number of imidazole rings is 3. The number of hydrogen-bond donors (Lipinski definition) is 1. The molecule has 0 amide bonds. The number of aromatic amines is 1. The molecule has 576 valence electrons. The van der Waals surface area contributed by atoms with E-state index in [-0.39, 0.29) is 146 Å². The minimum Gasteiger partial charge on any atom is -0.493 e. The van der Waals surface area contributed by atoms with E-state index in [9.17, 15) is 39.2 Å². The van der Waals surface area contributed by atoms with E-state index >= 15 is 22.4 Å². The van der Waals surface area contributed by atoms with Crippen LogP contribution < -0.4 is 45.5 Å². The number of nitrogens with one attached hydrogen (secondary N) is 1. The quantitative estimate of drug-likeness (QED) is 0.0409. The van der Waals surface area contributed by atoms with Gasteiger partial charge in [0.05, 0.1) is 98.6 Å². The average molecular weight is 1570 g/mol. The summed E-state index contributed by atoms with van der Waals surface area (Å²) < 4.78 is 200. The molecule has 1 aliphatic rings. The molecule has 0 radical (unpaired) electrons. The topological polar surface area (TPSA) is 288 Å². The van der Waals surface area contributed by atoms with Crippen molar-refractivity contribution in [2.24, 2.45) is 0 Å². The summed E-state index contributed by atoms with van der Waals surface area (Å²) >= 11 is 0. The van der Waals surface area contributed by atoms with E-state index < -0.39 is 105 Å². The third kappa shape index (κ3) is 15.9. The fourth-order valence-corrected chi connectivity index (χ4v) is 16.9. The maximum atomic E-state index is 17.1. The first-order valence-electron chi connectivity index (χ1n) is 34.9. The van der Waals surface area contributed by atoms with E-state index in [4.69, 9.17) is 33.4 Å². The molecule has 6 aromatic heterocycles. The summed E-state index contributed by atoms with van der Waals surface area (Å²) in [6.45, 7) is 3.39. The highest BCUT2D eigenvalue weighted by atomic mass is 32.2. The van der Waals surface area contributed by atoms with Gasteiger partial charge in [-0.2, -0.15) is 13.2 Å². The predicted molar refractivity (Wildman–Crippen MR) is 406 cm³/mol. The van der Waals surface area contributed by atoms with Crippen LogP contribution >= 0.6 is 0 Å². The summed E-state index contributed by atoms with van der Waals surface area (Å²) in [4.78, 5) is 59.7. The van der Waals surface area contributed by atoms with Gasteiger partial charge in [0.15, 0.2) is 51.4 Å². The molecular weight excluding hydrogens is 1490 g/mol. The number of rotatable bonds is 30. The van der Waals surface area contributed by atoms with Crippen LogP contribution in [0.3, 0.4) is 0 Å². The Morgan fingerprint density at radius 2 is 0.964 bits per heavy atom. The maximum absolute atomic E-state index is 17.1. The molecule has 0 saturated heterocycles. The lowest BCUT2D eigenvalue weighted by Gasteiger charge is -2.21. The number of benzene rings is 6. The van der Waals surface area contributed by atoms with Crippen LogP contribution in [0.25, 0.3) is 66.9 Å². The van der Waals surface area contributed by atoms with Crippen molar-refractivity contribution >= 4 is 63.0 Å². The lowest BCUT2D eigenvalue weighted by Crippen LogP contribution is -2.31. The van der Waals surface area contributed by atoms with Crippen molar-refractivity contribution in [3.05, 3.63) is 229 Å². The number of halogens is 5. The summed E-state index contributed by atoms with van der Waals surface area (Å²) in [5.74, 6) is -1.69. The second-order valence-electron chi connectivity index (χ2n) is 27.0. The first-order valence-corrected chi connectivity index (χ1v) is 41.1. The summed E-state index contributed by atoms with van der Waals surface area (Å²) in [5, 5.41) is 0. The van der Waals surface area contributed by atoms with Crippen molar-refractivity contribution in [3.8, 4) is 67.9 Å². The van der Waals surface area contributed by atoms with Gasteiger partial charge in [0.25, 0.3) is 0 Å². The van der Waals surface area contributed by atoms with Gasteiger partial charge in [-0.05, 0) is 121 Å². The number of aryl methyl sites for hydroxylation is 1. The number of sulfone groups is 3. The summed E-state index contributed by atoms with van der Waals surface area (Å²) in [6, 6.07) is 29.4. The molecule has 6 heterocycles. The molecule has 0 bridgehead atoms. The fourth-order valence-electron chi connectivity index (χ4n) is 14.2. The molecule has 0 spiro atoms. The fraction of sp³-hybridized carbons (Fsp3) is 0.308. The summed E-state index contributed by atoms with van der Waals surface area (Å²) in [6.07, 6.45) is 2.88. The molecule has 32 heteroatoms. The van der Waals surface area contributed by atoms with Gasteiger partial charge in [-0.15, -0.1) is 0 Å². The lowest BCUT2D eigenvalue weighted by atomic mass is 9.94. The van der Waals surface area contributed by atoms with Gasteiger partial charge in [-0.3, -0.25) is 22.8 Å². The molecule has 24 nitrogen and oxygen atoms in total. The van der Waals surface area contributed by atoms with Crippen molar-refractivity contribution in [1.82, 2.24) is 42.8 Å². The van der Waals surface area contributed by atoms with Crippen LogP contribution in [0.15, 0.2) is 166 Å². The van der Waals surface area contributed by atoms with Crippen LogP contribution in [0.1, 0.15) is 84.2 Å².